The van der Waals surface area contributed by atoms with Gasteiger partial charge in [0.2, 0.25) is 0 Å². The normalized spacial score (nSPS) is 11.6. The topological polar surface area (TPSA) is 50.5 Å². The standard InChI is InChI=1S/C27H18BrF3N4O/c28-20-13-11-19(12-14-20)23-15-24(27(29,30)31)35-25(33-23)22(16-32-35)26(36)34(21-9-5-2-6-10-21)17-18-7-3-1-4-8-18/h1-16H,17H2. The molecule has 5 aromatic rings. The molecule has 5 rings (SSSR count). The lowest BCUT2D eigenvalue weighted by molar-refractivity contribution is -0.142. The van der Waals surface area contributed by atoms with E-state index in [0.717, 1.165) is 22.3 Å². The average Bonchev–Trinajstić information content (AvgIpc) is 3.31. The highest BCUT2D eigenvalue weighted by molar-refractivity contribution is 9.10. The lowest BCUT2D eigenvalue weighted by Gasteiger charge is -2.22. The minimum Gasteiger partial charge on any atom is -0.304 e. The van der Waals surface area contributed by atoms with Gasteiger partial charge in [0.05, 0.1) is 18.4 Å². The molecule has 36 heavy (non-hydrogen) atoms. The average molecular weight is 551 g/mol. The van der Waals surface area contributed by atoms with E-state index in [-0.39, 0.29) is 23.4 Å². The molecule has 0 bridgehead atoms. The molecule has 1 amide bonds. The maximum Gasteiger partial charge on any atom is 0.433 e. The van der Waals surface area contributed by atoms with Crippen LogP contribution in [0.25, 0.3) is 16.9 Å². The molecule has 0 aliphatic rings. The minimum absolute atomic E-state index is 0.0285. The molecule has 0 saturated heterocycles. The highest BCUT2D eigenvalue weighted by Crippen LogP contribution is 2.33. The second-order valence-electron chi connectivity index (χ2n) is 8.04. The predicted octanol–water partition coefficient (Wildman–Crippen LogP) is 7.02. The van der Waals surface area contributed by atoms with Gasteiger partial charge in [0, 0.05) is 15.7 Å². The maximum absolute atomic E-state index is 14.0. The van der Waals surface area contributed by atoms with Crippen LogP contribution in [0, 0.1) is 0 Å². The van der Waals surface area contributed by atoms with Crippen LogP contribution in [-0.2, 0) is 12.7 Å². The minimum atomic E-state index is -4.71. The first kappa shape index (κ1) is 23.7. The summed E-state index contributed by atoms with van der Waals surface area (Å²) in [6, 6.07) is 26.0. The molecular formula is C27H18BrF3N4O. The van der Waals surface area contributed by atoms with E-state index in [2.05, 4.69) is 26.0 Å². The molecular weight excluding hydrogens is 533 g/mol. The van der Waals surface area contributed by atoms with Crippen LogP contribution in [0.15, 0.2) is 102 Å². The van der Waals surface area contributed by atoms with E-state index in [1.54, 1.807) is 48.5 Å². The fourth-order valence-corrected chi connectivity index (χ4v) is 4.15. The molecule has 2 heterocycles. The summed E-state index contributed by atoms with van der Waals surface area (Å²) in [5, 5.41) is 3.92. The van der Waals surface area contributed by atoms with Crippen LogP contribution in [-0.4, -0.2) is 20.5 Å². The number of benzene rings is 3. The van der Waals surface area contributed by atoms with Gasteiger partial charge in [0.15, 0.2) is 11.3 Å². The van der Waals surface area contributed by atoms with Crippen molar-refractivity contribution >= 4 is 33.2 Å². The van der Waals surface area contributed by atoms with E-state index in [0.29, 0.717) is 15.8 Å². The largest absolute Gasteiger partial charge is 0.433 e. The summed E-state index contributed by atoms with van der Waals surface area (Å²) in [5.41, 5.74) is 0.831. The molecule has 2 aromatic heterocycles. The number of para-hydroxylation sites is 1. The molecule has 180 valence electrons. The van der Waals surface area contributed by atoms with Gasteiger partial charge in [0.25, 0.3) is 5.91 Å². The number of carbonyl (C=O) groups is 1. The Kier molecular flexibility index (Phi) is 6.32. The molecule has 0 aliphatic heterocycles. The van der Waals surface area contributed by atoms with E-state index in [9.17, 15) is 18.0 Å². The molecule has 0 unspecified atom stereocenters. The van der Waals surface area contributed by atoms with E-state index in [4.69, 9.17) is 0 Å². The zero-order chi connectivity index (χ0) is 25.3. The fourth-order valence-electron chi connectivity index (χ4n) is 3.88. The van der Waals surface area contributed by atoms with E-state index >= 15 is 0 Å². The number of nitrogens with zero attached hydrogens (tertiary/aromatic N) is 4. The Hall–Kier alpha value is -3.98. The van der Waals surface area contributed by atoms with Gasteiger partial charge in [-0.15, -0.1) is 0 Å². The summed E-state index contributed by atoms with van der Waals surface area (Å²) < 4.78 is 43.5. The number of hydrogen-bond acceptors (Lipinski definition) is 3. The number of anilines is 1. The van der Waals surface area contributed by atoms with E-state index in [1.807, 2.05) is 36.4 Å². The van der Waals surface area contributed by atoms with Crippen LogP contribution in [0.5, 0.6) is 0 Å². The van der Waals surface area contributed by atoms with Crippen LogP contribution in [0.4, 0.5) is 18.9 Å². The van der Waals surface area contributed by atoms with Crippen molar-refractivity contribution in [2.24, 2.45) is 0 Å². The van der Waals surface area contributed by atoms with Crippen molar-refractivity contribution in [1.29, 1.82) is 0 Å². The molecule has 5 nitrogen and oxygen atoms in total. The Morgan fingerprint density at radius 2 is 1.56 bits per heavy atom. The van der Waals surface area contributed by atoms with Gasteiger partial charge in [-0.25, -0.2) is 9.50 Å². The Morgan fingerprint density at radius 3 is 2.19 bits per heavy atom. The first-order valence-electron chi connectivity index (χ1n) is 10.9. The van der Waals surface area contributed by atoms with Crippen molar-refractivity contribution in [2.45, 2.75) is 12.7 Å². The quantitative estimate of drug-likeness (QED) is 0.236. The lowest BCUT2D eigenvalue weighted by Crippen LogP contribution is -2.30. The maximum atomic E-state index is 14.0. The number of fused-ring (bicyclic) bond motifs is 1. The molecule has 0 N–H and O–H groups in total. The van der Waals surface area contributed by atoms with Crippen LogP contribution in [0.1, 0.15) is 21.6 Å². The number of carbonyl (C=O) groups excluding carboxylic acids is 1. The molecule has 0 spiro atoms. The molecule has 0 fully saturated rings. The first-order chi connectivity index (χ1) is 17.3. The van der Waals surface area contributed by atoms with Crippen molar-refractivity contribution in [3.8, 4) is 11.3 Å². The van der Waals surface area contributed by atoms with Crippen molar-refractivity contribution in [2.75, 3.05) is 4.90 Å². The third-order valence-electron chi connectivity index (χ3n) is 5.63. The third kappa shape index (κ3) is 4.74. The Balaban J connectivity index is 1.66. The van der Waals surface area contributed by atoms with Gasteiger partial charge < -0.3 is 4.90 Å². The Labute approximate surface area is 213 Å². The van der Waals surface area contributed by atoms with Crippen LogP contribution in [0.2, 0.25) is 0 Å². The van der Waals surface area contributed by atoms with E-state index < -0.39 is 17.8 Å². The molecule has 0 atom stereocenters. The molecule has 3 aromatic carbocycles. The second kappa shape index (κ2) is 9.58. The van der Waals surface area contributed by atoms with Gasteiger partial charge in [-0.05, 0) is 35.9 Å². The molecule has 0 aliphatic carbocycles. The monoisotopic (exact) mass is 550 g/mol. The Morgan fingerprint density at radius 1 is 0.917 bits per heavy atom. The molecule has 9 heteroatoms. The predicted molar refractivity (Wildman–Crippen MR) is 135 cm³/mol. The van der Waals surface area contributed by atoms with Gasteiger partial charge in [-0.3, -0.25) is 4.79 Å². The number of amides is 1. The summed E-state index contributed by atoms with van der Waals surface area (Å²) in [6.07, 6.45) is -3.56. The number of hydrogen-bond donors (Lipinski definition) is 0. The molecule has 0 saturated carbocycles. The number of alkyl halides is 3. The summed E-state index contributed by atoms with van der Waals surface area (Å²) in [4.78, 5) is 19.8. The molecule has 0 radical (unpaired) electrons. The zero-order valence-corrected chi connectivity index (χ0v) is 20.2. The highest BCUT2D eigenvalue weighted by atomic mass is 79.9. The zero-order valence-electron chi connectivity index (χ0n) is 18.7. The number of aromatic nitrogens is 3. The van der Waals surface area contributed by atoms with Gasteiger partial charge in [0.1, 0.15) is 5.56 Å². The van der Waals surface area contributed by atoms with Gasteiger partial charge in [-0.2, -0.15) is 18.3 Å². The van der Waals surface area contributed by atoms with Gasteiger partial charge >= 0.3 is 6.18 Å². The third-order valence-corrected chi connectivity index (χ3v) is 6.16. The number of halogens is 4. The summed E-state index contributed by atoms with van der Waals surface area (Å²) in [6.45, 7) is 0.222. The summed E-state index contributed by atoms with van der Waals surface area (Å²) >= 11 is 3.33. The van der Waals surface area contributed by atoms with Crippen molar-refractivity contribution in [3.63, 3.8) is 0 Å². The van der Waals surface area contributed by atoms with Gasteiger partial charge in [-0.1, -0.05) is 76.6 Å². The first-order valence-corrected chi connectivity index (χ1v) is 11.7. The van der Waals surface area contributed by atoms with Crippen molar-refractivity contribution < 1.29 is 18.0 Å². The Bertz CT molecular complexity index is 1520. The van der Waals surface area contributed by atoms with Crippen LogP contribution < -0.4 is 4.90 Å². The summed E-state index contributed by atoms with van der Waals surface area (Å²) in [7, 11) is 0. The van der Waals surface area contributed by atoms with Crippen molar-refractivity contribution in [3.05, 3.63) is 118 Å². The second-order valence-corrected chi connectivity index (χ2v) is 8.95. The lowest BCUT2D eigenvalue weighted by atomic mass is 10.1. The number of rotatable bonds is 5. The fraction of sp³-hybridized carbons (Fsp3) is 0.0741. The summed E-state index contributed by atoms with van der Waals surface area (Å²) in [5.74, 6) is -0.506. The van der Waals surface area contributed by atoms with E-state index in [1.165, 1.54) is 4.90 Å². The van der Waals surface area contributed by atoms with Crippen LogP contribution >= 0.6 is 15.9 Å². The van der Waals surface area contributed by atoms with Crippen LogP contribution in [0.3, 0.4) is 0 Å². The SMILES string of the molecule is O=C(c1cnn2c(C(F)(F)F)cc(-c3ccc(Br)cc3)nc12)N(Cc1ccccc1)c1ccccc1. The highest BCUT2D eigenvalue weighted by Gasteiger charge is 2.36. The smallest absolute Gasteiger partial charge is 0.304 e. The van der Waals surface area contributed by atoms with Crippen molar-refractivity contribution in [1.82, 2.24) is 14.6 Å².